The van der Waals surface area contributed by atoms with E-state index >= 15 is 0 Å². The van der Waals surface area contributed by atoms with Gasteiger partial charge in [0.15, 0.2) is 0 Å². The summed E-state index contributed by atoms with van der Waals surface area (Å²) in [6, 6.07) is 7.63. The maximum absolute atomic E-state index is 13.0. The van der Waals surface area contributed by atoms with Gasteiger partial charge in [-0.2, -0.15) is 0 Å². The van der Waals surface area contributed by atoms with Gasteiger partial charge >= 0.3 is 0 Å². The van der Waals surface area contributed by atoms with Crippen LogP contribution in [0.25, 0.3) is 5.76 Å². The Morgan fingerprint density at radius 1 is 1.20 bits per heavy atom. The van der Waals surface area contributed by atoms with E-state index in [1.807, 2.05) is 19.0 Å². The third-order valence-corrected chi connectivity index (χ3v) is 4.99. The minimum atomic E-state index is -0.745. The van der Waals surface area contributed by atoms with Crippen LogP contribution in [0.3, 0.4) is 0 Å². The third-order valence-electron chi connectivity index (χ3n) is 4.99. The summed E-state index contributed by atoms with van der Waals surface area (Å²) in [5, 5.41) is 11.1. The fourth-order valence-corrected chi connectivity index (χ4v) is 3.44. The van der Waals surface area contributed by atoms with Gasteiger partial charge in [-0.15, -0.1) is 0 Å². The van der Waals surface area contributed by atoms with Crippen molar-refractivity contribution in [3.05, 3.63) is 59.4 Å². The summed E-state index contributed by atoms with van der Waals surface area (Å²) in [5.41, 5.74) is 0.956. The highest BCUT2D eigenvalue weighted by Gasteiger charge is 2.46. The molecule has 8 heteroatoms. The molecule has 2 aromatic rings. The van der Waals surface area contributed by atoms with Crippen LogP contribution < -0.4 is 9.47 Å². The molecule has 30 heavy (non-hydrogen) atoms. The molecule has 0 saturated carbocycles. The van der Waals surface area contributed by atoms with Crippen molar-refractivity contribution in [2.45, 2.75) is 6.04 Å². The summed E-state index contributed by atoms with van der Waals surface area (Å²) >= 11 is 0. The predicted octanol–water partition coefficient (Wildman–Crippen LogP) is 2.08. The Morgan fingerprint density at radius 3 is 2.57 bits per heavy atom. The van der Waals surface area contributed by atoms with Crippen molar-refractivity contribution in [3.8, 4) is 11.5 Å². The second kappa shape index (κ2) is 8.96. The number of Topliss-reactive ketones (excluding diaryl/α,β-unsaturated/α-hetero) is 1. The first-order chi connectivity index (χ1) is 14.4. The number of ketones is 1. The third kappa shape index (κ3) is 3.99. The highest BCUT2D eigenvalue weighted by molar-refractivity contribution is 6.46. The van der Waals surface area contributed by atoms with Crippen molar-refractivity contribution in [3.63, 3.8) is 0 Å². The van der Waals surface area contributed by atoms with Gasteiger partial charge in [-0.05, 0) is 37.9 Å². The summed E-state index contributed by atoms with van der Waals surface area (Å²) in [4.78, 5) is 33.3. The highest BCUT2D eigenvalue weighted by atomic mass is 16.5. The van der Waals surface area contributed by atoms with Gasteiger partial charge in [0.25, 0.3) is 11.7 Å². The molecular formula is C22H25N3O5. The van der Waals surface area contributed by atoms with Crippen molar-refractivity contribution in [2.75, 3.05) is 41.4 Å². The van der Waals surface area contributed by atoms with E-state index in [-0.39, 0.29) is 11.3 Å². The number of aromatic nitrogens is 1. The molecule has 0 radical (unpaired) electrons. The van der Waals surface area contributed by atoms with Crippen LogP contribution in [0.15, 0.2) is 48.3 Å². The van der Waals surface area contributed by atoms with E-state index < -0.39 is 17.7 Å². The van der Waals surface area contributed by atoms with Gasteiger partial charge in [0.1, 0.15) is 17.3 Å². The van der Waals surface area contributed by atoms with Crippen LogP contribution in [0.2, 0.25) is 0 Å². The minimum absolute atomic E-state index is 0.00947. The summed E-state index contributed by atoms with van der Waals surface area (Å²) < 4.78 is 10.6. The number of aliphatic hydroxyl groups excluding tert-OH is 1. The Bertz CT molecular complexity index is 972. The lowest BCUT2D eigenvalue weighted by Gasteiger charge is -2.26. The Morgan fingerprint density at radius 2 is 1.97 bits per heavy atom. The number of likely N-dealkylation sites (tertiary alicyclic amines) is 1. The van der Waals surface area contributed by atoms with Crippen molar-refractivity contribution in [1.29, 1.82) is 0 Å². The lowest BCUT2D eigenvalue weighted by Crippen LogP contribution is -2.35. The van der Waals surface area contributed by atoms with Crippen LogP contribution in [0, 0.1) is 0 Å². The standard InChI is InChI=1S/C22H25N3O5/c1-24(2)10-11-25-19(14-6-5-9-23-13-14)18(21(27)22(25)28)20(26)16-8-7-15(29-3)12-17(16)30-4/h5-9,12-13,19,26H,10-11H2,1-4H3/t19-/m1/s1. The Kier molecular flexibility index (Phi) is 6.37. The number of nitrogens with zero attached hydrogens (tertiary/aromatic N) is 3. The topological polar surface area (TPSA) is 92.2 Å². The van der Waals surface area contributed by atoms with Crippen molar-refractivity contribution in [2.24, 2.45) is 0 Å². The second-order valence-corrected chi connectivity index (χ2v) is 7.15. The lowest BCUT2D eigenvalue weighted by atomic mass is 9.96. The zero-order valence-electron chi connectivity index (χ0n) is 17.5. The van der Waals surface area contributed by atoms with E-state index in [0.29, 0.717) is 35.7 Å². The number of pyridine rings is 1. The number of methoxy groups -OCH3 is 2. The average molecular weight is 411 g/mol. The zero-order valence-corrected chi connectivity index (χ0v) is 17.5. The fraction of sp³-hybridized carbons (Fsp3) is 0.318. The van der Waals surface area contributed by atoms with E-state index in [2.05, 4.69) is 4.98 Å². The number of aliphatic hydroxyl groups is 1. The summed E-state index contributed by atoms with van der Waals surface area (Å²) in [6.07, 6.45) is 3.21. The highest BCUT2D eigenvalue weighted by Crippen LogP contribution is 2.41. The fourth-order valence-electron chi connectivity index (χ4n) is 3.44. The summed E-state index contributed by atoms with van der Waals surface area (Å²) in [7, 11) is 6.75. The largest absolute Gasteiger partial charge is 0.507 e. The van der Waals surface area contributed by atoms with Gasteiger partial charge in [-0.3, -0.25) is 14.6 Å². The quantitative estimate of drug-likeness (QED) is 0.424. The van der Waals surface area contributed by atoms with E-state index in [9.17, 15) is 14.7 Å². The molecule has 0 unspecified atom stereocenters. The monoisotopic (exact) mass is 411 g/mol. The van der Waals surface area contributed by atoms with Crippen LogP contribution in [0.4, 0.5) is 0 Å². The number of rotatable bonds is 7. The van der Waals surface area contributed by atoms with Crippen molar-refractivity contribution in [1.82, 2.24) is 14.8 Å². The van der Waals surface area contributed by atoms with Crippen LogP contribution >= 0.6 is 0 Å². The number of hydrogen-bond donors (Lipinski definition) is 1. The molecule has 2 heterocycles. The van der Waals surface area contributed by atoms with Crippen LogP contribution in [0.1, 0.15) is 17.2 Å². The van der Waals surface area contributed by atoms with Gasteiger partial charge < -0.3 is 24.4 Å². The molecule has 0 aliphatic carbocycles. The van der Waals surface area contributed by atoms with Gasteiger partial charge in [0, 0.05) is 31.5 Å². The van der Waals surface area contributed by atoms with E-state index in [4.69, 9.17) is 9.47 Å². The molecule has 1 aromatic heterocycles. The molecule has 1 aliphatic rings. The summed E-state index contributed by atoms with van der Waals surface area (Å²) in [5.74, 6) is -0.818. The van der Waals surface area contributed by atoms with Crippen LogP contribution in [-0.2, 0) is 9.59 Å². The Hall–Kier alpha value is -3.39. The van der Waals surface area contributed by atoms with E-state index in [1.54, 1.807) is 42.7 Å². The molecule has 1 aliphatic heterocycles. The first-order valence-electron chi connectivity index (χ1n) is 9.44. The number of hydrogen-bond acceptors (Lipinski definition) is 7. The van der Waals surface area contributed by atoms with Crippen molar-refractivity contribution >= 4 is 17.4 Å². The van der Waals surface area contributed by atoms with E-state index in [1.165, 1.54) is 19.1 Å². The molecule has 8 nitrogen and oxygen atoms in total. The van der Waals surface area contributed by atoms with E-state index in [0.717, 1.165) is 0 Å². The second-order valence-electron chi connectivity index (χ2n) is 7.15. The SMILES string of the molecule is COc1ccc(C(O)=C2C(=O)C(=O)N(CCN(C)C)[C@@H]2c2cccnc2)c(OC)c1. The lowest BCUT2D eigenvalue weighted by molar-refractivity contribution is -0.140. The molecule has 0 bridgehead atoms. The number of benzene rings is 1. The Labute approximate surface area is 175 Å². The number of carbonyl (C=O) groups excluding carboxylic acids is 2. The number of likely N-dealkylation sites (N-methyl/N-ethyl adjacent to an activating group) is 1. The van der Waals surface area contributed by atoms with Gasteiger partial charge in [-0.25, -0.2) is 0 Å². The summed E-state index contributed by atoms with van der Waals surface area (Å²) in [6.45, 7) is 0.892. The maximum atomic E-state index is 13.0. The maximum Gasteiger partial charge on any atom is 0.295 e. The zero-order chi connectivity index (χ0) is 21.8. The minimum Gasteiger partial charge on any atom is -0.507 e. The van der Waals surface area contributed by atoms with Gasteiger partial charge in [0.2, 0.25) is 0 Å². The molecule has 3 rings (SSSR count). The molecule has 1 amide bonds. The van der Waals surface area contributed by atoms with Gasteiger partial charge in [-0.1, -0.05) is 6.07 Å². The Balaban J connectivity index is 2.17. The molecule has 1 N–H and O–H groups in total. The molecule has 1 atom stereocenters. The smallest absolute Gasteiger partial charge is 0.295 e. The normalized spacial score (nSPS) is 18.2. The van der Waals surface area contributed by atoms with Gasteiger partial charge in [0.05, 0.1) is 31.4 Å². The first kappa shape index (κ1) is 21.3. The molecule has 1 fully saturated rings. The molecule has 158 valence electrons. The average Bonchev–Trinajstić information content (AvgIpc) is 3.02. The first-order valence-corrected chi connectivity index (χ1v) is 9.44. The van der Waals surface area contributed by atoms with Crippen LogP contribution in [0.5, 0.6) is 11.5 Å². The number of amides is 1. The van der Waals surface area contributed by atoms with Crippen molar-refractivity contribution < 1.29 is 24.2 Å². The molecule has 1 aromatic carbocycles. The molecular weight excluding hydrogens is 386 g/mol. The number of ether oxygens (including phenoxy) is 2. The predicted molar refractivity (Wildman–Crippen MR) is 111 cm³/mol. The molecule has 1 saturated heterocycles. The number of carbonyl (C=O) groups is 2. The molecule has 0 spiro atoms. The van der Waals surface area contributed by atoms with Crippen LogP contribution in [-0.4, -0.2) is 73.0 Å².